The Balaban J connectivity index is 1.18. The zero-order valence-electron chi connectivity index (χ0n) is 43.2. The van der Waals surface area contributed by atoms with E-state index in [4.69, 9.17) is 38.4 Å². The minimum atomic E-state index is -1.86. The monoisotopic (exact) mass is 1090 g/mol. The van der Waals surface area contributed by atoms with Crippen molar-refractivity contribution in [2.45, 2.75) is 119 Å². The highest BCUT2D eigenvalue weighted by Crippen LogP contribution is 2.39. The summed E-state index contributed by atoms with van der Waals surface area (Å²) in [7, 11) is 0. The van der Waals surface area contributed by atoms with Gasteiger partial charge in [-0.05, 0) is 74.3 Å². The normalized spacial score (nSPS) is 27.7. The molecule has 0 spiro atoms. The van der Waals surface area contributed by atoms with Crippen molar-refractivity contribution in [1.29, 1.82) is 0 Å². The topological polar surface area (TPSA) is 441 Å². The quantitative estimate of drug-likeness (QED) is 0.0419. The van der Waals surface area contributed by atoms with E-state index < -0.39 is 132 Å². The Bertz CT molecular complexity index is 3010. The van der Waals surface area contributed by atoms with Gasteiger partial charge in [0.1, 0.15) is 48.5 Å². The van der Waals surface area contributed by atoms with Gasteiger partial charge in [-0.25, -0.2) is 4.79 Å². The van der Waals surface area contributed by atoms with E-state index >= 15 is 9.59 Å². The molecule has 420 valence electrons. The number of aliphatic imine (C=N–C) groups is 2. The van der Waals surface area contributed by atoms with Crippen molar-refractivity contribution in [3.05, 3.63) is 107 Å². The van der Waals surface area contributed by atoms with Crippen molar-refractivity contribution in [2.75, 3.05) is 13.1 Å². The molecular formula is C53H67N15O11. The molecule has 20 N–H and O–H groups in total. The van der Waals surface area contributed by atoms with E-state index in [9.17, 15) is 39.0 Å². The third-order valence-electron chi connectivity index (χ3n) is 14.7. The molecule has 9 rings (SSSR count). The van der Waals surface area contributed by atoms with Gasteiger partial charge in [0.05, 0.1) is 30.3 Å². The van der Waals surface area contributed by atoms with Crippen molar-refractivity contribution in [1.82, 2.24) is 42.2 Å². The number of benzene rings is 1. The molecule has 6 heterocycles. The van der Waals surface area contributed by atoms with Gasteiger partial charge >= 0.3 is 5.97 Å². The SMILES string of the molecule is C[C@@H](O)[C@@H]1NC(=O)[C@H]2NC(=O)[C@H](CC(N)=O)NC(=O)[C@@H](N)CC3=CNC4C3=CC=C[C@H]4O[C@@H]2C2=C3C=C[C@H](C=C3N=C2)C(CCCN)[C@@H](C(=O)N[C@@H](CCCN=C(N)N)C(=O)N[C@@H](Cc2c[nH]c3ccccc23)C(=O)O)NC1=O. The summed E-state index contributed by atoms with van der Waals surface area (Å²) in [6.45, 7) is 1.41. The Morgan fingerprint density at radius 1 is 0.937 bits per heavy atom. The molecule has 2 aromatic rings. The molecule has 1 aromatic carbocycles. The molecule has 2 aliphatic carbocycles. The van der Waals surface area contributed by atoms with E-state index in [1.165, 1.54) is 13.1 Å². The first kappa shape index (κ1) is 56.7. The predicted molar refractivity (Wildman–Crippen MR) is 288 cm³/mol. The summed E-state index contributed by atoms with van der Waals surface area (Å²) in [6.07, 6.45) is 11.2. The average molecular weight is 1090 g/mol. The summed E-state index contributed by atoms with van der Waals surface area (Å²) in [5.41, 5.74) is 33.1. The molecule has 0 saturated carbocycles. The molecule has 1 fully saturated rings. The number of rotatable bonds is 17. The van der Waals surface area contributed by atoms with E-state index in [-0.39, 0.29) is 51.2 Å². The Kier molecular flexibility index (Phi) is 17.9. The van der Waals surface area contributed by atoms with Crippen molar-refractivity contribution in [3.63, 3.8) is 0 Å². The fraction of sp³-hybridized carbons (Fsp3) is 0.434. The second-order valence-corrected chi connectivity index (χ2v) is 20.3. The van der Waals surface area contributed by atoms with Crippen molar-refractivity contribution in [3.8, 4) is 0 Å². The summed E-state index contributed by atoms with van der Waals surface area (Å²) in [5.74, 6) is -9.85. The number of H-pyrrole nitrogens is 1. The van der Waals surface area contributed by atoms with Gasteiger partial charge in [0.25, 0.3) is 0 Å². The van der Waals surface area contributed by atoms with Crippen molar-refractivity contribution in [2.24, 2.45) is 50.5 Å². The maximum atomic E-state index is 15.2. The van der Waals surface area contributed by atoms with E-state index in [0.717, 1.165) is 16.5 Å². The standard InChI is InChI=1S/C53H67N15O11/c1-24(69)41-49(74)67-43(50(75)63-35(11-6-16-59-53(57)58)47(72)65-38(52(77)78)19-27-21-60-34-10-3-2-7-28(27)34)29(9-5-15-54)25-13-14-31-32(23-61-36(31)18-25)45-44(51(76)66-41)68-48(73)37(20-40(56)70)64-46(71)33(55)17-26-22-62-42-30(26)8-4-12-39(42)79-45/h2-4,7-8,10,12-14,18,21-25,29,33,35,37-39,41-45,60,62,69H,5-6,9,11,15-17,19-20,54-55H2,1H3,(H2,56,70)(H,63,75)(H,64,71)(H,65,72)(H,66,76)(H,67,74)(H,68,73)(H,77,78)(H4,57,58,59)/t24-,25-,29?,33+,35+,37+,38+,39-,41+,42?,43+,44+,45-/m1/s1. The second kappa shape index (κ2) is 24.9. The number of aromatic nitrogens is 1. The number of nitrogens with two attached hydrogens (primary N) is 5. The molecule has 1 saturated heterocycles. The molecule has 79 heavy (non-hydrogen) atoms. The van der Waals surface area contributed by atoms with E-state index in [1.807, 2.05) is 24.3 Å². The number of carboxylic acids is 1. The predicted octanol–water partition coefficient (Wildman–Crippen LogP) is -3.33. The zero-order valence-corrected chi connectivity index (χ0v) is 43.2. The molecule has 13 atom stereocenters. The number of hydrogen-bond acceptors (Lipinski definition) is 15. The molecule has 7 amide bonds. The third-order valence-corrected chi connectivity index (χ3v) is 14.7. The first-order valence-corrected chi connectivity index (χ1v) is 26.1. The number of aliphatic hydroxyl groups excluding tert-OH is 1. The molecule has 26 nitrogen and oxygen atoms in total. The van der Waals surface area contributed by atoms with Gasteiger partial charge in [-0.3, -0.25) is 43.5 Å². The fourth-order valence-corrected chi connectivity index (χ4v) is 10.7. The molecule has 2 unspecified atom stereocenters. The molecule has 26 heteroatoms. The number of carbonyl (C=O) groups is 8. The minimum absolute atomic E-state index is 0.0283. The Morgan fingerprint density at radius 3 is 2.46 bits per heavy atom. The number of para-hydroxylation sites is 1. The van der Waals surface area contributed by atoms with Crippen LogP contribution >= 0.6 is 0 Å². The summed E-state index contributed by atoms with van der Waals surface area (Å²) in [5, 5.41) is 41.6. The summed E-state index contributed by atoms with van der Waals surface area (Å²) in [4.78, 5) is 125. The molecular weight excluding hydrogens is 1020 g/mol. The molecule has 1 aromatic heterocycles. The summed E-state index contributed by atoms with van der Waals surface area (Å²) < 4.78 is 6.92. The molecule has 8 bridgehead atoms. The minimum Gasteiger partial charge on any atom is -0.480 e. The molecule has 0 radical (unpaired) electrons. The van der Waals surface area contributed by atoms with Crippen LogP contribution in [0.4, 0.5) is 0 Å². The number of amides is 7. The second-order valence-electron chi connectivity index (χ2n) is 20.3. The lowest BCUT2D eigenvalue weighted by atomic mass is 9.78. The fourth-order valence-electron chi connectivity index (χ4n) is 10.7. The van der Waals surface area contributed by atoms with Crippen molar-refractivity contribution < 1.29 is 53.3 Å². The highest BCUT2D eigenvalue weighted by atomic mass is 16.5. The number of aliphatic carboxylic acids is 1. The van der Waals surface area contributed by atoms with Gasteiger partial charge in [0.2, 0.25) is 41.4 Å². The number of ether oxygens (including phenoxy) is 1. The number of nitrogens with zero attached hydrogens (tertiary/aromatic N) is 2. The summed E-state index contributed by atoms with van der Waals surface area (Å²) >= 11 is 0. The molecule has 5 aliphatic heterocycles. The number of allylic oxidation sites excluding steroid dienone is 5. The Labute approximate surface area is 453 Å². The maximum absolute atomic E-state index is 15.2. The van der Waals surface area contributed by atoms with Gasteiger partial charge in [-0.2, -0.15) is 0 Å². The first-order chi connectivity index (χ1) is 37.8. The first-order valence-electron chi connectivity index (χ1n) is 26.1. The molecule has 7 aliphatic rings. The number of carbonyl (C=O) groups excluding carboxylic acids is 7. The van der Waals surface area contributed by atoms with Crippen LogP contribution in [0.1, 0.15) is 51.0 Å². The number of guanidine groups is 1. The van der Waals surface area contributed by atoms with Crippen LogP contribution in [0, 0.1) is 11.8 Å². The lowest BCUT2D eigenvalue weighted by molar-refractivity contribution is -0.142. The number of aromatic amines is 1. The summed E-state index contributed by atoms with van der Waals surface area (Å²) in [6, 6.07) is -4.29. The van der Waals surface area contributed by atoms with Gasteiger partial charge in [0.15, 0.2) is 5.96 Å². The average Bonchev–Trinajstić information content (AvgIpc) is 4.32. The van der Waals surface area contributed by atoms with Gasteiger partial charge < -0.3 is 85.8 Å². The highest BCUT2D eigenvalue weighted by molar-refractivity contribution is 6.00. The highest BCUT2D eigenvalue weighted by Gasteiger charge is 2.46. The van der Waals surface area contributed by atoms with Gasteiger partial charge in [-0.15, -0.1) is 0 Å². The van der Waals surface area contributed by atoms with Crippen LogP contribution in [0.2, 0.25) is 0 Å². The number of hydrogen-bond donors (Lipinski definition) is 15. The Morgan fingerprint density at radius 2 is 1.72 bits per heavy atom. The van der Waals surface area contributed by atoms with Crippen LogP contribution < -0.4 is 65.9 Å². The van der Waals surface area contributed by atoms with Crippen LogP contribution in [-0.2, 0) is 49.5 Å². The van der Waals surface area contributed by atoms with Crippen LogP contribution in [0.5, 0.6) is 0 Å². The Hall–Kier alpha value is -8.46. The van der Waals surface area contributed by atoms with E-state index in [1.54, 1.807) is 48.8 Å². The zero-order chi connectivity index (χ0) is 56.7. The smallest absolute Gasteiger partial charge is 0.326 e. The number of nitrogens with one attached hydrogen (secondary N) is 8. The number of primary amides is 1. The number of carboxylic acid groups (broad SMARTS) is 1. The third kappa shape index (κ3) is 13.1. The number of fused-ring (bicyclic) bond motifs is 7. The van der Waals surface area contributed by atoms with Crippen LogP contribution in [-0.4, -0.2) is 154 Å². The largest absolute Gasteiger partial charge is 0.480 e. The van der Waals surface area contributed by atoms with Crippen LogP contribution in [0.25, 0.3) is 10.9 Å². The maximum Gasteiger partial charge on any atom is 0.326 e. The lowest BCUT2D eigenvalue weighted by Crippen LogP contribution is -2.65. The van der Waals surface area contributed by atoms with Crippen LogP contribution in [0.15, 0.2) is 111 Å². The van der Waals surface area contributed by atoms with E-state index in [2.05, 4.69) is 47.2 Å². The van der Waals surface area contributed by atoms with Gasteiger partial charge in [0, 0.05) is 59.5 Å². The number of aliphatic hydroxyl groups is 1. The van der Waals surface area contributed by atoms with Crippen LogP contribution in [0.3, 0.4) is 0 Å². The van der Waals surface area contributed by atoms with E-state index in [0.29, 0.717) is 34.4 Å². The van der Waals surface area contributed by atoms with Gasteiger partial charge in [-0.1, -0.05) is 54.7 Å². The van der Waals surface area contributed by atoms with Crippen molar-refractivity contribution >= 4 is 70.4 Å². The lowest BCUT2D eigenvalue weighted by Gasteiger charge is -2.37.